The van der Waals surface area contributed by atoms with E-state index in [0.29, 0.717) is 12.2 Å². The van der Waals surface area contributed by atoms with E-state index in [1.54, 1.807) is 12.4 Å². The standard InChI is InChI=1S/C14H19N7/c1-4-11-12(5-2)21(20-13(11)14(15)19-16)8-10-6-17-9(3)18-7-10/h4-7H,8,16H2,1-3H3,(H2,15,19)/b11-4+,12-5+. The van der Waals surface area contributed by atoms with Gasteiger partial charge in [-0.1, -0.05) is 12.2 Å². The molecule has 2 aromatic heterocycles. The zero-order chi connectivity index (χ0) is 15.4. The third-order valence-corrected chi connectivity index (χ3v) is 3.14. The number of rotatable bonds is 3. The summed E-state index contributed by atoms with van der Waals surface area (Å²) in [6.07, 6.45) is 7.50. The van der Waals surface area contributed by atoms with Gasteiger partial charge in [-0.15, -0.1) is 0 Å². The highest BCUT2D eigenvalue weighted by Gasteiger charge is 2.10. The van der Waals surface area contributed by atoms with Crippen LogP contribution < -0.4 is 22.1 Å². The number of hydrogen-bond acceptors (Lipinski definition) is 5. The second-order valence-corrected chi connectivity index (χ2v) is 4.54. The number of amidine groups is 1. The Kier molecular flexibility index (Phi) is 4.32. The summed E-state index contributed by atoms with van der Waals surface area (Å²) in [7, 11) is 0. The topological polar surface area (TPSA) is 108 Å². The molecule has 110 valence electrons. The first-order valence-corrected chi connectivity index (χ1v) is 6.61. The molecule has 0 atom stereocenters. The normalized spacial score (nSPS) is 14.0. The zero-order valence-electron chi connectivity index (χ0n) is 12.4. The van der Waals surface area contributed by atoms with Crippen molar-refractivity contribution in [1.82, 2.24) is 19.7 Å². The number of aryl methyl sites for hydroxylation is 1. The average molecular weight is 285 g/mol. The predicted molar refractivity (Wildman–Crippen MR) is 82.5 cm³/mol. The van der Waals surface area contributed by atoms with E-state index in [-0.39, 0.29) is 5.84 Å². The maximum Gasteiger partial charge on any atom is 0.171 e. The van der Waals surface area contributed by atoms with Gasteiger partial charge in [0.1, 0.15) is 11.5 Å². The van der Waals surface area contributed by atoms with Crippen molar-refractivity contribution in [3.8, 4) is 0 Å². The van der Waals surface area contributed by atoms with Crippen LogP contribution in [0.3, 0.4) is 0 Å². The molecule has 0 saturated heterocycles. The Hall–Kier alpha value is -2.70. The zero-order valence-corrected chi connectivity index (χ0v) is 12.4. The molecule has 21 heavy (non-hydrogen) atoms. The second-order valence-electron chi connectivity index (χ2n) is 4.54. The third-order valence-electron chi connectivity index (χ3n) is 3.14. The van der Waals surface area contributed by atoms with Crippen LogP contribution in [0.2, 0.25) is 0 Å². The lowest BCUT2D eigenvalue weighted by Gasteiger charge is -2.02. The number of nitrogens with zero attached hydrogens (tertiary/aromatic N) is 5. The first-order chi connectivity index (χ1) is 10.1. The van der Waals surface area contributed by atoms with Crippen LogP contribution in [0.4, 0.5) is 0 Å². The maximum atomic E-state index is 5.81. The molecule has 0 amide bonds. The number of nitrogens with two attached hydrogens (primary N) is 2. The monoisotopic (exact) mass is 285 g/mol. The molecule has 0 fully saturated rings. The van der Waals surface area contributed by atoms with Crippen LogP contribution >= 0.6 is 0 Å². The van der Waals surface area contributed by atoms with E-state index in [4.69, 9.17) is 11.6 Å². The van der Waals surface area contributed by atoms with Crippen molar-refractivity contribution in [2.45, 2.75) is 27.3 Å². The Morgan fingerprint density at radius 3 is 2.48 bits per heavy atom. The molecule has 2 rings (SSSR count). The van der Waals surface area contributed by atoms with Crippen LogP contribution in [-0.2, 0) is 6.54 Å². The summed E-state index contributed by atoms with van der Waals surface area (Å²) in [5.74, 6) is 6.22. The molecule has 0 radical (unpaired) electrons. The minimum absolute atomic E-state index is 0.213. The van der Waals surface area contributed by atoms with Gasteiger partial charge in [-0.3, -0.25) is 4.68 Å². The molecule has 0 aliphatic heterocycles. The Morgan fingerprint density at radius 2 is 1.95 bits per heavy atom. The van der Waals surface area contributed by atoms with Gasteiger partial charge in [-0.05, 0) is 20.8 Å². The average Bonchev–Trinajstić information content (AvgIpc) is 2.86. The van der Waals surface area contributed by atoms with Crippen molar-refractivity contribution in [3.05, 3.63) is 40.0 Å². The summed E-state index contributed by atoms with van der Waals surface area (Å²) in [6.45, 7) is 6.28. The fraction of sp³-hybridized carbons (Fsp3) is 0.286. The summed E-state index contributed by atoms with van der Waals surface area (Å²) in [4.78, 5) is 8.39. The first-order valence-electron chi connectivity index (χ1n) is 6.61. The van der Waals surface area contributed by atoms with Gasteiger partial charge >= 0.3 is 0 Å². The molecule has 0 aliphatic carbocycles. The molecule has 0 aromatic carbocycles. The molecule has 2 aromatic rings. The molecule has 0 aliphatic rings. The molecule has 7 heteroatoms. The molecule has 2 heterocycles. The second kappa shape index (κ2) is 6.17. The SMILES string of the molecule is C/C=c1/c(/C(N)=N/N)nn(Cc2cnc(C)nc2)/c1=C/C. The van der Waals surface area contributed by atoms with Crippen LogP contribution in [-0.4, -0.2) is 25.6 Å². The number of hydrogen-bond donors (Lipinski definition) is 2. The largest absolute Gasteiger partial charge is 0.380 e. The van der Waals surface area contributed by atoms with Crippen LogP contribution in [0.25, 0.3) is 12.2 Å². The van der Waals surface area contributed by atoms with E-state index in [0.717, 1.165) is 22.0 Å². The van der Waals surface area contributed by atoms with E-state index in [9.17, 15) is 0 Å². The van der Waals surface area contributed by atoms with Gasteiger partial charge in [0.15, 0.2) is 5.84 Å². The van der Waals surface area contributed by atoms with Crippen molar-refractivity contribution >= 4 is 18.0 Å². The smallest absolute Gasteiger partial charge is 0.171 e. The summed E-state index contributed by atoms with van der Waals surface area (Å²) >= 11 is 0. The minimum Gasteiger partial charge on any atom is -0.380 e. The number of aromatic nitrogens is 4. The third kappa shape index (κ3) is 2.91. The van der Waals surface area contributed by atoms with Gasteiger partial charge in [0, 0.05) is 23.2 Å². The summed E-state index contributed by atoms with van der Waals surface area (Å²) in [6, 6.07) is 0. The molecule has 0 spiro atoms. The van der Waals surface area contributed by atoms with Crippen LogP contribution in [0.5, 0.6) is 0 Å². The van der Waals surface area contributed by atoms with Gasteiger partial charge in [-0.2, -0.15) is 10.2 Å². The summed E-state index contributed by atoms with van der Waals surface area (Å²) < 4.78 is 1.84. The summed E-state index contributed by atoms with van der Waals surface area (Å²) in [5, 5.41) is 9.91. The highest BCUT2D eigenvalue weighted by Crippen LogP contribution is 1.97. The van der Waals surface area contributed by atoms with Crippen LogP contribution in [0.1, 0.15) is 30.9 Å². The number of hydrazone groups is 1. The lowest BCUT2D eigenvalue weighted by molar-refractivity contribution is 0.659. The fourth-order valence-corrected chi connectivity index (χ4v) is 2.12. The Bertz CT molecular complexity index is 769. The highest BCUT2D eigenvalue weighted by molar-refractivity contribution is 5.95. The molecule has 0 unspecified atom stereocenters. The van der Waals surface area contributed by atoms with Gasteiger partial charge < -0.3 is 11.6 Å². The quantitative estimate of drug-likeness (QED) is 0.332. The van der Waals surface area contributed by atoms with Crippen LogP contribution in [0, 0.1) is 6.92 Å². The van der Waals surface area contributed by atoms with E-state index in [1.807, 2.05) is 37.6 Å². The maximum absolute atomic E-state index is 5.81. The van der Waals surface area contributed by atoms with E-state index in [2.05, 4.69) is 20.2 Å². The Labute approximate surface area is 122 Å². The molecule has 0 bridgehead atoms. The van der Waals surface area contributed by atoms with Crippen molar-refractivity contribution in [2.75, 3.05) is 0 Å². The molecule has 7 nitrogen and oxygen atoms in total. The fourth-order valence-electron chi connectivity index (χ4n) is 2.12. The molecular formula is C14H19N7. The van der Waals surface area contributed by atoms with Gasteiger partial charge in [0.2, 0.25) is 0 Å². The van der Waals surface area contributed by atoms with Crippen molar-refractivity contribution < 1.29 is 0 Å². The van der Waals surface area contributed by atoms with E-state index < -0.39 is 0 Å². The van der Waals surface area contributed by atoms with Crippen molar-refractivity contribution in [1.29, 1.82) is 0 Å². The summed E-state index contributed by atoms with van der Waals surface area (Å²) in [5.41, 5.74) is 7.36. The van der Waals surface area contributed by atoms with Crippen molar-refractivity contribution in [3.63, 3.8) is 0 Å². The Balaban J connectivity index is 2.55. The van der Waals surface area contributed by atoms with Gasteiger partial charge in [0.25, 0.3) is 0 Å². The predicted octanol–water partition coefficient (Wildman–Crippen LogP) is -0.790. The van der Waals surface area contributed by atoms with Gasteiger partial charge in [-0.25, -0.2) is 9.97 Å². The molecule has 4 N–H and O–H groups in total. The minimum atomic E-state index is 0.213. The van der Waals surface area contributed by atoms with Crippen LogP contribution in [0.15, 0.2) is 17.5 Å². The molecular weight excluding hydrogens is 266 g/mol. The first kappa shape index (κ1) is 14.7. The lowest BCUT2D eigenvalue weighted by Crippen LogP contribution is -2.33. The van der Waals surface area contributed by atoms with E-state index in [1.165, 1.54) is 0 Å². The Morgan fingerprint density at radius 1 is 1.29 bits per heavy atom. The van der Waals surface area contributed by atoms with Crippen molar-refractivity contribution in [2.24, 2.45) is 16.7 Å². The van der Waals surface area contributed by atoms with E-state index >= 15 is 0 Å². The highest BCUT2D eigenvalue weighted by atomic mass is 15.3. The van der Waals surface area contributed by atoms with Gasteiger partial charge in [0.05, 0.1) is 11.9 Å². The molecule has 0 saturated carbocycles. The lowest BCUT2D eigenvalue weighted by atomic mass is 10.2.